The predicted octanol–water partition coefficient (Wildman–Crippen LogP) is 3.68. The van der Waals surface area contributed by atoms with Crippen molar-refractivity contribution in [2.75, 3.05) is 37.4 Å². The van der Waals surface area contributed by atoms with Crippen molar-refractivity contribution in [3.8, 4) is 0 Å². The van der Waals surface area contributed by atoms with E-state index in [-0.39, 0.29) is 11.6 Å². The Hall–Kier alpha value is -2.68. The molecule has 0 radical (unpaired) electrons. The summed E-state index contributed by atoms with van der Waals surface area (Å²) < 4.78 is 30.4. The number of pyridine rings is 1. The van der Waals surface area contributed by atoms with Gasteiger partial charge in [-0.15, -0.1) is 0 Å². The van der Waals surface area contributed by atoms with Crippen LogP contribution in [0.25, 0.3) is 10.9 Å². The summed E-state index contributed by atoms with van der Waals surface area (Å²) in [6, 6.07) is 13.4. The minimum absolute atomic E-state index is 0.0853. The number of amides is 1. The van der Waals surface area contributed by atoms with E-state index in [1.807, 2.05) is 18.2 Å². The monoisotopic (exact) mass is 452 g/mol. The number of fused-ring (bicyclic) bond motifs is 1. The van der Waals surface area contributed by atoms with Crippen LogP contribution in [0.1, 0.15) is 23.2 Å². The summed E-state index contributed by atoms with van der Waals surface area (Å²) in [7, 11) is 0. The van der Waals surface area contributed by atoms with Crippen molar-refractivity contribution in [3.63, 3.8) is 0 Å². The fourth-order valence-electron chi connectivity index (χ4n) is 4.09. The molecule has 1 aromatic heterocycles. The van der Waals surface area contributed by atoms with Crippen molar-refractivity contribution in [2.45, 2.75) is 17.7 Å². The number of benzene rings is 2. The molecule has 2 fully saturated rings. The number of anilines is 1. The number of piperazine rings is 1. The van der Waals surface area contributed by atoms with Crippen LogP contribution in [0.2, 0.25) is 0 Å². The molecule has 1 saturated carbocycles. The third kappa shape index (κ3) is 4.57. The molecule has 0 spiro atoms. The maximum absolute atomic E-state index is 14.8. The molecule has 2 aliphatic rings. The van der Waals surface area contributed by atoms with Gasteiger partial charge in [0.05, 0.1) is 0 Å². The van der Waals surface area contributed by atoms with Gasteiger partial charge in [-0.05, 0) is 49.1 Å². The zero-order valence-corrected chi connectivity index (χ0v) is 18.5. The number of hydrogen-bond donors (Lipinski definition) is 1. The molecule has 5 rings (SSSR count). The summed E-state index contributed by atoms with van der Waals surface area (Å²) in [6.07, 6.45) is 4.27. The van der Waals surface area contributed by atoms with Gasteiger partial charge in [-0.1, -0.05) is 18.2 Å². The van der Waals surface area contributed by atoms with E-state index in [0.717, 1.165) is 30.9 Å². The first kappa shape index (κ1) is 21.2. The van der Waals surface area contributed by atoms with Crippen molar-refractivity contribution in [1.82, 2.24) is 14.8 Å². The summed E-state index contributed by atoms with van der Waals surface area (Å²) in [5.74, 6) is 0.0623. The van der Waals surface area contributed by atoms with Crippen LogP contribution in [0.4, 0.5) is 10.1 Å². The van der Waals surface area contributed by atoms with Crippen molar-refractivity contribution < 1.29 is 13.7 Å². The van der Waals surface area contributed by atoms with Crippen LogP contribution in [-0.2, 0) is 11.4 Å². The lowest BCUT2D eigenvalue weighted by atomic mass is 10.1. The molecule has 1 saturated heterocycles. The average Bonchev–Trinajstić information content (AvgIpc) is 3.64. The molecular formula is C24H25FN4O2S. The Labute approximate surface area is 189 Å². The molecule has 32 heavy (non-hydrogen) atoms. The van der Waals surface area contributed by atoms with Crippen LogP contribution in [0.3, 0.4) is 0 Å². The number of rotatable bonds is 6. The minimum atomic E-state index is -1.70. The van der Waals surface area contributed by atoms with Gasteiger partial charge in [-0.2, -0.15) is 0 Å². The molecule has 3 aromatic rings. The summed E-state index contributed by atoms with van der Waals surface area (Å²) in [5.41, 5.74) is 0.997. The first-order valence-corrected chi connectivity index (χ1v) is 12.1. The van der Waals surface area contributed by atoms with E-state index in [9.17, 15) is 13.7 Å². The normalized spacial score (nSPS) is 18.0. The number of para-hydroxylation sites is 1. The molecule has 2 aromatic carbocycles. The zero-order valence-electron chi connectivity index (χ0n) is 17.7. The maximum Gasteiger partial charge on any atom is 0.254 e. The maximum atomic E-state index is 14.8. The molecule has 1 atom stereocenters. The lowest BCUT2D eigenvalue weighted by molar-refractivity contribution is 0.0631. The number of carbonyl (C=O) groups excluding carboxylic acids is 1. The highest BCUT2D eigenvalue weighted by Crippen LogP contribution is 2.30. The largest absolute Gasteiger partial charge is 0.588 e. The first-order chi connectivity index (χ1) is 15.6. The highest BCUT2D eigenvalue weighted by molar-refractivity contribution is 7.93. The van der Waals surface area contributed by atoms with Gasteiger partial charge < -0.3 is 9.45 Å². The van der Waals surface area contributed by atoms with Gasteiger partial charge in [0, 0.05) is 49.9 Å². The van der Waals surface area contributed by atoms with Gasteiger partial charge >= 0.3 is 0 Å². The fourth-order valence-corrected chi connectivity index (χ4v) is 5.12. The molecule has 0 bridgehead atoms. The van der Waals surface area contributed by atoms with E-state index in [1.165, 1.54) is 25.0 Å². The van der Waals surface area contributed by atoms with Crippen molar-refractivity contribution in [2.24, 2.45) is 5.92 Å². The number of carbonyl (C=O) groups is 1. The van der Waals surface area contributed by atoms with Crippen LogP contribution in [0.15, 0.2) is 59.6 Å². The molecule has 1 aliphatic carbocycles. The van der Waals surface area contributed by atoms with Crippen molar-refractivity contribution in [1.29, 1.82) is 0 Å². The Kier molecular flexibility index (Phi) is 5.99. The van der Waals surface area contributed by atoms with Crippen LogP contribution in [0, 0.1) is 11.7 Å². The van der Waals surface area contributed by atoms with Gasteiger partial charge in [-0.3, -0.25) is 14.7 Å². The lowest BCUT2D eigenvalue weighted by Crippen LogP contribution is -2.49. The van der Waals surface area contributed by atoms with Crippen LogP contribution in [0.5, 0.6) is 0 Å². The third-order valence-electron chi connectivity index (χ3n) is 6.09. The van der Waals surface area contributed by atoms with Crippen LogP contribution < -0.4 is 4.72 Å². The highest BCUT2D eigenvalue weighted by atomic mass is 32.2. The lowest BCUT2D eigenvalue weighted by Gasteiger charge is -2.34. The second-order valence-electron chi connectivity index (χ2n) is 8.43. The molecule has 1 N–H and O–H groups in total. The van der Waals surface area contributed by atoms with Crippen molar-refractivity contribution >= 4 is 33.9 Å². The standard InChI is InChI=1S/C24H25FN4O2S/c25-20-15-19(24(30)29-13-11-28(12-14-29)16-17-6-7-17)8-9-21(20)27-32(31)22-5-1-3-18-4-2-10-26-23(18)22/h1-5,8-10,15,17,27H,6-7,11-14,16H2. The smallest absolute Gasteiger partial charge is 0.254 e. The second-order valence-corrected chi connectivity index (χ2v) is 9.61. The summed E-state index contributed by atoms with van der Waals surface area (Å²) >= 11 is -1.70. The Morgan fingerprint density at radius 1 is 1.12 bits per heavy atom. The number of nitrogens with one attached hydrogen (secondary N) is 1. The molecule has 2 heterocycles. The first-order valence-electron chi connectivity index (χ1n) is 10.9. The van der Waals surface area contributed by atoms with Gasteiger partial charge in [0.25, 0.3) is 5.91 Å². The van der Waals surface area contributed by atoms with E-state index in [1.54, 1.807) is 29.3 Å². The van der Waals surface area contributed by atoms with Gasteiger partial charge in [-0.25, -0.2) is 9.11 Å². The molecule has 166 valence electrons. The Balaban J connectivity index is 1.25. The average molecular weight is 453 g/mol. The van der Waals surface area contributed by atoms with Crippen molar-refractivity contribution in [3.05, 3.63) is 66.1 Å². The van der Waals surface area contributed by atoms with Crippen LogP contribution >= 0.6 is 0 Å². The van der Waals surface area contributed by atoms with E-state index >= 15 is 0 Å². The van der Waals surface area contributed by atoms with Gasteiger partial charge in [0.2, 0.25) is 4.90 Å². The Morgan fingerprint density at radius 3 is 2.66 bits per heavy atom. The molecule has 8 heteroatoms. The molecular weight excluding hydrogens is 427 g/mol. The zero-order chi connectivity index (χ0) is 22.1. The number of hydrogen-bond acceptors (Lipinski definition) is 5. The molecule has 1 amide bonds. The quantitative estimate of drug-likeness (QED) is 0.578. The highest BCUT2D eigenvalue weighted by Gasteiger charge is 2.28. The van der Waals surface area contributed by atoms with E-state index in [2.05, 4.69) is 14.6 Å². The van der Waals surface area contributed by atoms with Crippen LogP contribution in [-0.4, -0.2) is 58.0 Å². The summed E-state index contributed by atoms with van der Waals surface area (Å²) in [5, 5.41) is 0.860. The summed E-state index contributed by atoms with van der Waals surface area (Å²) in [4.78, 5) is 21.8. The molecule has 1 aliphatic heterocycles. The Bertz CT molecular complexity index is 1130. The van der Waals surface area contributed by atoms with E-state index in [4.69, 9.17) is 0 Å². The van der Waals surface area contributed by atoms with Gasteiger partial charge in [0.15, 0.2) is 5.82 Å². The second kappa shape index (κ2) is 9.05. The van der Waals surface area contributed by atoms with E-state index < -0.39 is 17.2 Å². The number of halogens is 1. The Morgan fingerprint density at radius 2 is 1.91 bits per heavy atom. The molecule has 1 unspecified atom stereocenters. The number of nitrogens with zero attached hydrogens (tertiary/aromatic N) is 3. The van der Waals surface area contributed by atoms with Gasteiger partial charge in [0.1, 0.15) is 22.6 Å². The topological polar surface area (TPSA) is 71.5 Å². The molecule has 6 nitrogen and oxygen atoms in total. The predicted molar refractivity (Wildman–Crippen MR) is 123 cm³/mol. The van der Waals surface area contributed by atoms with E-state index in [0.29, 0.717) is 29.1 Å². The summed E-state index contributed by atoms with van der Waals surface area (Å²) in [6.45, 7) is 4.17. The number of aromatic nitrogens is 1. The SMILES string of the molecule is O=C(c1ccc(N[S+]([O-])c2cccc3cccnc23)c(F)c1)N1CCN(CC2CC2)CC1. The minimum Gasteiger partial charge on any atom is -0.588 e. The fraction of sp³-hybridized carbons (Fsp3) is 0.333. The third-order valence-corrected chi connectivity index (χ3v) is 7.22.